The van der Waals surface area contributed by atoms with Crippen LogP contribution in [0.4, 0.5) is 5.13 Å². The van der Waals surface area contributed by atoms with Crippen LogP contribution < -0.4 is 5.32 Å². The van der Waals surface area contributed by atoms with E-state index in [-0.39, 0.29) is 0 Å². The summed E-state index contributed by atoms with van der Waals surface area (Å²) in [6, 6.07) is 0.315. The van der Waals surface area contributed by atoms with Gasteiger partial charge in [-0.3, -0.25) is 4.79 Å². The van der Waals surface area contributed by atoms with Crippen LogP contribution in [0, 0.1) is 0 Å². The van der Waals surface area contributed by atoms with Gasteiger partial charge in [-0.25, -0.2) is 4.98 Å². The summed E-state index contributed by atoms with van der Waals surface area (Å²) in [6.07, 6.45) is 3.93. The molecule has 2 heterocycles. The molecule has 0 saturated carbocycles. The van der Waals surface area contributed by atoms with Crippen molar-refractivity contribution in [3.8, 4) is 0 Å². The standard InChI is InChI=1S/C15H25N3O2S/c1-11(9-18-7-5-4-6-8-18)16-14-17-12(10-21-14)15(2,3)13(19)20/h10-11H,4-9H2,1-3H3,(H,16,17)(H,19,20). The fraction of sp³-hybridized carbons (Fsp3) is 0.733. The van der Waals surface area contributed by atoms with E-state index < -0.39 is 11.4 Å². The number of aliphatic carboxylic acids is 1. The van der Waals surface area contributed by atoms with Gasteiger partial charge in [-0.05, 0) is 46.7 Å². The van der Waals surface area contributed by atoms with Crippen LogP contribution in [0.5, 0.6) is 0 Å². The maximum absolute atomic E-state index is 11.3. The van der Waals surface area contributed by atoms with Crippen LogP contribution in [0.3, 0.4) is 0 Å². The fourth-order valence-electron chi connectivity index (χ4n) is 2.52. The van der Waals surface area contributed by atoms with E-state index in [1.165, 1.54) is 43.7 Å². The van der Waals surface area contributed by atoms with Crippen molar-refractivity contribution in [1.82, 2.24) is 9.88 Å². The Morgan fingerprint density at radius 1 is 1.48 bits per heavy atom. The summed E-state index contributed by atoms with van der Waals surface area (Å²) in [5, 5.41) is 15.3. The molecule has 1 aromatic rings. The third-order valence-electron chi connectivity index (χ3n) is 4.03. The SMILES string of the molecule is CC(CN1CCCCC1)Nc1nc(C(C)(C)C(=O)O)cs1. The number of carboxylic acids is 1. The van der Waals surface area contributed by atoms with E-state index >= 15 is 0 Å². The Labute approximate surface area is 130 Å². The quantitative estimate of drug-likeness (QED) is 0.845. The van der Waals surface area contributed by atoms with Gasteiger partial charge in [0.2, 0.25) is 0 Å². The van der Waals surface area contributed by atoms with Crippen LogP contribution in [0.25, 0.3) is 0 Å². The first kappa shape index (κ1) is 16.2. The van der Waals surface area contributed by atoms with E-state index in [2.05, 4.69) is 22.1 Å². The number of thiazole rings is 1. The summed E-state index contributed by atoms with van der Waals surface area (Å²) in [5.41, 5.74) is -0.320. The molecule has 2 N–H and O–H groups in total. The van der Waals surface area contributed by atoms with Gasteiger partial charge in [-0.2, -0.15) is 0 Å². The van der Waals surface area contributed by atoms with Gasteiger partial charge in [0.25, 0.3) is 0 Å². The second kappa shape index (κ2) is 6.75. The molecule has 0 spiro atoms. The Morgan fingerprint density at radius 3 is 2.76 bits per heavy atom. The number of nitrogens with zero attached hydrogens (tertiary/aromatic N) is 2. The van der Waals surface area contributed by atoms with Crippen LogP contribution >= 0.6 is 11.3 Å². The predicted octanol–water partition coefficient (Wildman–Crippen LogP) is 2.79. The Morgan fingerprint density at radius 2 is 2.14 bits per heavy atom. The highest BCUT2D eigenvalue weighted by Gasteiger charge is 2.32. The minimum Gasteiger partial charge on any atom is -0.481 e. The average Bonchev–Trinajstić information content (AvgIpc) is 2.88. The van der Waals surface area contributed by atoms with Gasteiger partial charge in [0.15, 0.2) is 5.13 Å². The smallest absolute Gasteiger partial charge is 0.315 e. The summed E-state index contributed by atoms with van der Waals surface area (Å²) in [6.45, 7) is 8.90. The van der Waals surface area contributed by atoms with Gasteiger partial charge < -0.3 is 15.3 Å². The zero-order chi connectivity index (χ0) is 15.5. The van der Waals surface area contributed by atoms with Crippen molar-refractivity contribution in [2.24, 2.45) is 0 Å². The number of piperidine rings is 1. The molecule has 0 aromatic carbocycles. The summed E-state index contributed by atoms with van der Waals surface area (Å²) in [5.74, 6) is -0.847. The Balaban J connectivity index is 1.91. The van der Waals surface area contributed by atoms with E-state index in [0.717, 1.165) is 11.7 Å². The third kappa shape index (κ3) is 4.17. The van der Waals surface area contributed by atoms with Crippen molar-refractivity contribution >= 4 is 22.4 Å². The number of hydrogen-bond acceptors (Lipinski definition) is 5. The van der Waals surface area contributed by atoms with Gasteiger partial charge in [0.05, 0.1) is 5.69 Å². The molecule has 21 heavy (non-hydrogen) atoms. The Kier molecular flexibility index (Phi) is 5.22. The molecule has 5 nitrogen and oxygen atoms in total. The van der Waals surface area contributed by atoms with E-state index in [4.69, 9.17) is 0 Å². The fourth-order valence-corrected chi connectivity index (χ4v) is 3.51. The third-order valence-corrected chi connectivity index (χ3v) is 4.80. The summed E-state index contributed by atoms with van der Waals surface area (Å²) in [7, 11) is 0. The van der Waals surface area contributed by atoms with E-state index in [1.807, 2.05) is 5.38 Å². The second-order valence-corrected chi connectivity index (χ2v) is 7.23. The lowest BCUT2D eigenvalue weighted by molar-refractivity contribution is -0.142. The number of likely N-dealkylation sites (tertiary alicyclic amines) is 1. The lowest BCUT2D eigenvalue weighted by atomic mass is 9.90. The normalized spacial score (nSPS) is 18.4. The van der Waals surface area contributed by atoms with Crippen molar-refractivity contribution in [3.63, 3.8) is 0 Å². The largest absolute Gasteiger partial charge is 0.481 e. The summed E-state index contributed by atoms with van der Waals surface area (Å²) in [4.78, 5) is 18.2. The van der Waals surface area contributed by atoms with Crippen molar-refractivity contribution in [1.29, 1.82) is 0 Å². The molecule has 0 aliphatic carbocycles. The van der Waals surface area contributed by atoms with E-state index in [1.54, 1.807) is 13.8 Å². The molecule has 1 unspecified atom stereocenters. The second-order valence-electron chi connectivity index (χ2n) is 6.37. The van der Waals surface area contributed by atoms with Gasteiger partial charge in [-0.1, -0.05) is 6.42 Å². The molecule has 1 saturated heterocycles. The molecule has 1 atom stereocenters. The highest BCUT2D eigenvalue weighted by Crippen LogP contribution is 2.27. The minimum atomic E-state index is -0.938. The molecular weight excluding hydrogens is 286 g/mol. The summed E-state index contributed by atoms with van der Waals surface area (Å²) >= 11 is 1.48. The topological polar surface area (TPSA) is 65.5 Å². The van der Waals surface area contributed by atoms with Gasteiger partial charge in [0.1, 0.15) is 5.41 Å². The number of carbonyl (C=O) groups is 1. The Bertz CT molecular complexity index is 481. The number of aromatic nitrogens is 1. The molecule has 1 aliphatic heterocycles. The molecule has 0 amide bonds. The molecule has 2 rings (SSSR count). The number of nitrogens with one attached hydrogen (secondary N) is 1. The van der Waals surface area contributed by atoms with Gasteiger partial charge in [0, 0.05) is 18.0 Å². The van der Waals surface area contributed by atoms with Crippen LogP contribution in [-0.4, -0.2) is 46.6 Å². The molecular formula is C15H25N3O2S. The molecule has 6 heteroatoms. The van der Waals surface area contributed by atoms with Crippen molar-refractivity contribution in [2.45, 2.75) is 51.5 Å². The summed E-state index contributed by atoms with van der Waals surface area (Å²) < 4.78 is 0. The molecule has 0 radical (unpaired) electrons. The number of rotatable bonds is 6. The number of carboxylic acid groups (broad SMARTS) is 1. The van der Waals surface area contributed by atoms with Gasteiger partial charge in [-0.15, -0.1) is 11.3 Å². The zero-order valence-corrected chi connectivity index (χ0v) is 13.9. The molecule has 1 aromatic heterocycles. The van der Waals surface area contributed by atoms with Crippen LogP contribution in [0.15, 0.2) is 5.38 Å². The first-order valence-electron chi connectivity index (χ1n) is 7.58. The molecule has 0 bridgehead atoms. The maximum Gasteiger partial charge on any atom is 0.315 e. The zero-order valence-electron chi connectivity index (χ0n) is 13.1. The lowest BCUT2D eigenvalue weighted by Crippen LogP contribution is -2.38. The van der Waals surface area contributed by atoms with Crippen molar-refractivity contribution in [3.05, 3.63) is 11.1 Å². The monoisotopic (exact) mass is 311 g/mol. The Hall–Kier alpha value is -1.14. The first-order valence-corrected chi connectivity index (χ1v) is 8.46. The molecule has 1 aliphatic rings. The van der Waals surface area contributed by atoms with Crippen LogP contribution in [-0.2, 0) is 10.2 Å². The minimum absolute atomic E-state index is 0.315. The van der Waals surface area contributed by atoms with Crippen molar-refractivity contribution in [2.75, 3.05) is 25.0 Å². The van der Waals surface area contributed by atoms with Gasteiger partial charge >= 0.3 is 5.97 Å². The van der Waals surface area contributed by atoms with E-state index in [0.29, 0.717) is 11.7 Å². The van der Waals surface area contributed by atoms with E-state index in [9.17, 15) is 9.90 Å². The molecule has 1 fully saturated rings. The molecule has 118 valence electrons. The maximum atomic E-state index is 11.3. The number of anilines is 1. The number of hydrogen-bond donors (Lipinski definition) is 2. The van der Waals surface area contributed by atoms with Crippen LogP contribution in [0.1, 0.15) is 45.7 Å². The van der Waals surface area contributed by atoms with Crippen LogP contribution in [0.2, 0.25) is 0 Å². The average molecular weight is 311 g/mol. The van der Waals surface area contributed by atoms with Crippen molar-refractivity contribution < 1.29 is 9.90 Å². The predicted molar refractivity (Wildman–Crippen MR) is 86.2 cm³/mol. The lowest BCUT2D eigenvalue weighted by Gasteiger charge is -2.29. The first-order chi connectivity index (χ1) is 9.89. The highest BCUT2D eigenvalue weighted by atomic mass is 32.1. The highest BCUT2D eigenvalue weighted by molar-refractivity contribution is 7.13.